The average Bonchev–Trinajstić information content (AvgIpc) is 2.79. The van der Waals surface area contributed by atoms with Gasteiger partial charge in [-0.25, -0.2) is 9.59 Å². The predicted molar refractivity (Wildman–Crippen MR) is 124 cm³/mol. The quantitative estimate of drug-likeness (QED) is 0.518. The third-order valence-corrected chi connectivity index (χ3v) is 5.72. The van der Waals surface area contributed by atoms with Crippen LogP contribution in [-0.4, -0.2) is 28.7 Å². The first-order valence-corrected chi connectivity index (χ1v) is 10.4. The number of aliphatic carboxylic acids is 2. The molecule has 0 bridgehead atoms. The Hall–Kier alpha value is -3.48. The van der Waals surface area contributed by atoms with Gasteiger partial charge >= 0.3 is 11.9 Å². The van der Waals surface area contributed by atoms with Crippen LogP contribution in [0.15, 0.2) is 90.1 Å². The number of benzene rings is 3. The smallest absolute Gasteiger partial charge is 0.353 e. The molecule has 0 saturated heterocycles. The second-order valence-electron chi connectivity index (χ2n) is 7.17. The summed E-state index contributed by atoms with van der Waals surface area (Å²) >= 11 is 12.1. The summed E-state index contributed by atoms with van der Waals surface area (Å²) in [5.74, 6) is -2.62. The Kier molecular flexibility index (Phi) is 6.08. The maximum Gasteiger partial charge on any atom is 0.353 e. The molecule has 1 aliphatic rings. The van der Waals surface area contributed by atoms with Crippen LogP contribution < -0.4 is 9.80 Å². The standard InChI is InChI=1S/C24H18Cl2N2O4/c25-16-6-10-18(11-7-16)27-14-20(23(29)30)21(24(31)32)28(19-12-8-17(26)9-13-19)22(27)15-4-2-1-3-5-15/h1-13,22H,14H2,(H,29,30)(H,31,32). The Bertz CT molecular complexity index is 1180. The molecule has 0 amide bonds. The lowest BCUT2D eigenvalue weighted by Crippen LogP contribution is -2.50. The maximum absolute atomic E-state index is 12.4. The third-order valence-electron chi connectivity index (χ3n) is 5.22. The number of rotatable bonds is 5. The highest BCUT2D eigenvalue weighted by Crippen LogP contribution is 2.41. The van der Waals surface area contributed by atoms with Crippen LogP contribution in [0.1, 0.15) is 11.7 Å². The molecule has 3 aromatic rings. The minimum absolute atomic E-state index is 0.109. The highest BCUT2D eigenvalue weighted by molar-refractivity contribution is 6.31. The van der Waals surface area contributed by atoms with Crippen LogP contribution in [0.4, 0.5) is 11.4 Å². The van der Waals surface area contributed by atoms with Crippen LogP contribution in [-0.2, 0) is 9.59 Å². The van der Waals surface area contributed by atoms with E-state index in [0.717, 1.165) is 5.56 Å². The number of anilines is 2. The van der Waals surface area contributed by atoms with E-state index in [1.807, 2.05) is 35.2 Å². The van der Waals surface area contributed by atoms with Crippen molar-refractivity contribution in [2.45, 2.75) is 6.17 Å². The lowest BCUT2D eigenvalue weighted by molar-refractivity contribution is -0.136. The summed E-state index contributed by atoms with van der Waals surface area (Å²) in [5, 5.41) is 21.0. The number of carboxylic acids is 2. The molecular formula is C24H18Cl2N2O4. The van der Waals surface area contributed by atoms with Gasteiger partial charge in [0.25, 0.3) is 0 Å². The molecule has 1 aliphatic heterocycles. The van der Waals surface area contributed by atoms with Gasteiger partial charge in [0.2, 0.25) is 0 Å². The predicted octanol–water partition coefficient (Wildman–Crippen LogP) is 5.44. The minimum Gasteiger partial charge on any atom is -0.478 e. The topological polar surface area (TPSA) is 81.1 Å². The second kappa shape index (κ2) is 8.94. The van der Waals surface area contributed by atoms with Gasteiger partial charge in [-0.3, -0.25) is 0 Å². The van der Waals surface area contributed by atoms with E-state index in [9.17, 15) is 19.8 Å². The van der Waals surface area contributed by atoms with E-state index in [0.29, 0.717) is 21.4 Å². The highest BCUT2D eigenvalue weighted by atomic mass is 35.5. The fourth-order valence-corrected chi connectivity index (χ4v) is 4.08. The molecule has 8 heteroatoms. The minimum atomic E-state index is -1.32. The Labute approximate surface area is 194 Å². The van der Waals surface area contributed by atoms with E-state index in [2.05, 4.69) is 0 Å². The van der Waals surface area contributed by atoms with Gasteiger partial charge in [-0.15, -0.1) is 0 Å². The number of halogens is 2. The lowest BCUT2D eigenvalue weighted by atomic mass is 10.00. The van der Waals surface area contributed by atoms with Crippen molar-refractivity contribution in [3.8, 4) is 0 Å². The number of carboxylic acid groups (broad SMARTS) is 2. The summed E-state index contributed by atoms with van der Waals surface area (Å²) < 4.78 is 0. The van der Waals surface area contributed by atoms with Crippen molar-refractivity contribution < 1.29 is 19.8 Å². The molecule has 0 fully saturated rings. The monoisotopic (exact) mass is 468 g/mol. The van der Waals surface area contributed by atoms with Crippen molar-refractivity contribution in [3.05, 3.63) is 106 Å². The van der Waals surface area contributed by atoms with Crippen LogP contribution in [0.25, 0.3) is 0 Å². The van der Waals surface area contributed by atoms with Crippen molar-refractivity contribution in [2.24, 2.45) is 0 Å². The molecule has 1 heterocycles. The zero-order valence-electron chi connectivity index (χ0n) is 16.7. The van der Waals surface area contributed by atoms with Crippen LogP contribution in [0, 0.1) is 0 Å². The summed E-state index contributed by atoms with van der Waals surface area (Å²) in [6, 6.07) is 22.9. The van der Waals surface area contributed by atoms with Gasteiger partial charge in [0.05, 0.1) is 12.1 Å². The van der Waals surface area contributed by atoms with Gasteiger partial charge in [0.1, 0.15) is 11.9 Å². The fourth-order valence-electron chi connectivity index (χ4n) is 3.83. The molecule has 6 nitrogen and oxygen atoms in total. The molecule has 0 spiro atoms. The summed E-state index contributed by atoms with van der Waals surface area (Å²) in [5.41, 5.74) is 1.47. The van der Waals surface area contributed by atoms with E-state index >= 15 is 0 Å². The zero-order chi connectivity index (χ0) is 22.8. The van der Waals surface area contributed by atoms with Gasteiger partial charge < -0.3 is 20.0 Å². The molecule has 1 atom stereocenters. The van der Waals surface area contributed by atoms with Crippen molar-refractivity contribution >= 4 is 46.5 Å². The summed E-state index contributed by atoms with van der Waals surface area (Å²) in [7, 11) is 0. The van der Waals surface area contributed by atoms with E-state index < -0.39 is 18.1 Å². The first kappa shape index (κ1) is 21.7. The number of hydrogen-bond acceptors (Lipinski definition) is 4. The molecule has 0 aromatic heterocycles. The zero-order valence-corrected chi connectivity index (χ0v) is 18.2. The van der Waals surface area contributed by atoms with E-state index in [1.54, 1.807) is 48.5 Å². The number of hydrogen-bond donors (Lipinski definition) is 2. The Morgan fingerprint density at radius 1 is 0.750 bits per heavy atom. The van der Waals surface area contributed by atoms with Gasteiger partial charge in [-0.2, -0.15) is 0 Å². The normalized spacial score (nSPS) is 16.2. The van der Waals surface area contributed by atoms with Gasteiger partial charge in [-0.05, 0) is 54.1 Å². The van der Waals surface area contributed by atoms with Crippen LogP contribution in [0.2, 0.25) is 10.0 Å². The highest BCUT2D eigenvalue weighted by Gasteiger charge is 2.41. The molecule has 0 aliphatic carbocycles. The van der Waals surface area contributed by atoms with Gasteiger partial charge in [0.15, 0.2) is 0 Å². The summed E-state index contributed by atoms with van der Waals surface area (Å²) in [6.07, 6.45) is -0.632. The molecule has 0 saturated carbocycles. The van der Waals surface area contributed by atoms with E-state index in [4.69, 9.17) is 23.2 Å². The molecular weight excluding hydrogens is 451 g/mol. The Morgan fingerprint density at radius 2 is 1.28 bits per heavy atom. The van der Waals surface area contributed by atoms with Crippen molar-refractivity contribution in [1.29, 1.82) is 0 Å². The molecule has 2 N–H and O–H groups in total. The first-order chi connectivity index (χ1) is 15.4. The van der Waals surface area contributed by atoms with Crippen molar-refractivity contribution in [2.75, 3.05) is 16.3 Å². The molecule has 0 radical (unpaired) electrons. The fraction of sp³-hybridized carbons (Fsp3) is 0.0833. The van der Waals surface area contributed by atoms with Gasteiger partial charge in [-0.1, -0.05) is 53.5 Å². The third kappa shape index (κ3) is 4.15. The first-order valence-electron chi connectivity index (χ1n) is 9.68. The van der Waals surface area contributed by atoms with Crippen LogP contribution >= 0.6 is 23.2 Å². The van der Waals surface area contributed by atoms with E-state index in [-0.39, 0.29) is 17.8 Å². The molecule has 3 aromatic carbocycles. The van der Waals surface area contributed by atoms with Crippen molar-refractivity contribution in [3.63, 3.8) is 0 Å². The van der Waals surface area contributed by atoms with Crippen LogP contribution in [0.3, 0.4) is 0 Å². The maximum atomic E-state index is 12.4. The Morgan fingerprint density at radius 3 is 1.78 bits per heavy atom. The van der Waals surface area contributed by atoms with Crippen LogP contribution in [0.5, 0.6) is 0 Å². The lowest BCUT2D eigenvalue weighted by Gasteiger charge is -2.46. The Balaban J connectivity index is 2.01. The SMILES string of the molecule is O=C(O)C1=C(C(=O)O)N(c2ccc(Cl)cc2)C(c2ccccc2)N(c2ccc(Cl)cc2)C1. The average molecular weight is 469 g/mol. The van der Waals surface area contributed by atoms with Gasteiger partial charge in [0, 0.05) is 21.4 Å². The molecule has 4 rings (SSSR count). The largest absolute Gasteiger partial charge is 0.478 e. The number of nitrogens with zero attached hydrogens (tertiary/aromatic N) is 2. The second-order valence-corrected chi connectivity index (χ2v) is 8.05. The summed E-state index contributed by atoms with van der Waals surface area (Å²) in [6.45, 7) is -0.109. The van der Waals surface area contributed by atoms with E-state index in [1.165, 1.54) is 4.90 Å². The van der Waals surface area contributed by atoms with Crippen molar-refractivity contribution in [1.82, 2.24) is 0 Å². The number of carbonyl (C=O) groups is 2. The molecule has 1 unspecified atom stereocenters. The summed E-state index contributed by atoms with van der Waals surface area (Å²) in [4.78, 5) is 27.9. The molecule has 162 valence electrons. The molecule has 32 heavy (non-hydrogen) atoms.